The van der Waals surface area contributed by atoms with Gasteiger partial charge in [0.1, 0.15) is 0 Å². The molecule has 0 heterocycles. The Bertz CT molecular complexity index is 549. The molecule has 5 heteroatoms. The molecule has 0 fully saturated rings. The van der Waals surface area contributed by atoms with E-state index in [4.69, 9.17) is 0 Å². The van der Waals surface area contributed by atoms with Crippen LogP contribution in [0, 0.1) is 5.92 Å². The predicted octanol–water partition coefficient (Wildman–Crippen LogP) is 3.03. The van der Waals surface area contributed by atoms with Gasteiger partial charge in [-0.2, -0.15) is 0 Å². The van der Waals surface area contributed by atoms with Crippen LogP contribution in [0.5, 0.6) is 0 Å². The summed E-state index contributed by atoms with van der Waals surface area (Å²) in [4.78, 5) is 15.9. The Labute approximate surface area is 152 Å². The lowest BCUT2D eigenvalue weighted by Crippen LogP contribution is -2.41. The molecule has 0 saturated carbocycles. The van der Waals surface area contributed by atoms with Crippen LogP contribution in [0.4, 0.5) is 0 Å². The Morgan fingerprint density at radius 3 is 2.20 bits per heavy atom. The zero-order chi connectivity index (χ0) is 18.8. The van der Waals surface area contributed by atoms with Gasteiger partial charge in [0, 0.05) is 26.1 Å². The maximum absolute atomic E-state index is 11.7. The summed E-state index contributed by atoms with van der Waals surface area (Å²) in [6, 6.07) is 9.03. The second-order valence-electron chi connectivity index (χ2n) is 7.18. The number of benzene rings is 1. The number of nitrogens with zero attached hydrogens (tertiary/aromatic N) is 1. The van der Waals surface area contributed by atoms with E-state index in [-0.39, 0.29) is 18.0 Å². The number of hydrogen-bond acceptors (Lipinski definition) is 2. The minimum atomic E-state index is 0.0479. The van der Waals surface area contributed by atoms with E-state index in [0.717, 1.165) is 6.42 Å². The number of rotatable bonds is 8. The minimum Gasteiger partial charge on any atom is -0.356 e. The molecule has 1 aromatic carbocycles. The summed E-state index contributed by atoms with van der Waals surface area (Å²) in [5.41, 5.74) is 2.58. The Morgan fingerprint density at radius 2 is 1.68 bits per heavy atom. The molecule has 0 aliphatic carbocycles. The summed E-state index contributed by atoms with van der Waals surface area (Å²) in [6.07, 6.45) is 1.53. The molecule has 0 bridgehead atoms. The van der Waals surface area contributed by atoms with Gasteiger partial charge >= 0.3 is 0 Å². The fourth-order valence-electron chi connectivity index (χ4n) is 2.59. The summed E-state index contributed by atoms with van der Waals surface area (Å²) in [5.74, 6) is 1.42. The number of hydrogen-bond donors (Lipinski definition) is 3. The summed E-state index contributed by atoms with van der Waals surface area (Å²) < 4.78 is 0. The first-order valence-electron chi connectivity index (χ1n) is 9.17. The normalized spacial score (nSPS) is 13.0. The second-order valence-corrected chi connectivity index (χ2v) is 7.18. The highest BCUT2D eigenvalue weighted by atomic mass is 16.1. The maximum Gasteiger partial charge on any atom is 0.221 e. The SMILES string of the molecule is CN=C(NCCC(=O)NC(C)C)NC(C)c1ccc(CC(C)C)cc1. The third-order valence-electron chi connectivity index (χ3n) is 3.79. The highest BCUT2D eigenvalue weighted by Crippen LogP contribution is 2.15. The Morgan fingerprint density at radius 1 is 1.04 bits per heavy atom. The van der Waals surface area contributed by atoms with Crippen molar-refractivity contribution in [1.29, 1.82) is 0 Å². The van der Waals surface area contributed by atoms with Crippen LogP contribution < -0.4 is 16.0 Å². The van der Waals surface area contributed by atoms with Gasteiger partial charge in [0.05, 0.1) is 6.04 Å². The van der Waals surface area contributed by atoms with E-state index in [1.807, 2.05) is 13.8 Å². The topological polar surface area (TPSA) is 65.5 Å². The van der Waals surface area contributed by atoms with E-state index in [0.29, 0.717) is 24.8 Å². The zero-order valence-corrected chi connectivity index (χ0v) is 16.5. The van der Waals surface area contributed by atoms with Crippen molar-refractivity contribution in [2.24, 2.45) is 10.9 Å². The molecule has 0 saturated heterocycles. The quantitative estimate of drug-likeness (QED) is 0.501. The number of guanidine groups is 1. The monoisotopic (exact) mass is 346 g/mol. The van der Waals surface area contributed by atoms with Crippen LogP contribution in [0.3, 0.4) is 0 Å². The average molecular weight is 347 g/mol. The van der Waals surface area contributed by atoms with Gasteiger partial charge in [-0.25, -0.2) is 0 Å². The smallest absolute Gasteiger partial charge is 0.221 e. The van der Waals surface area contributed by atoms with Crippen LogP contribution in [-0.4, -0.2) is 31.5 Å². The summed E-state index contributed by atoms with van der Waals surface area (Å²) >= 11 is 0. The highest BCUT2D eigenvalue weighted by Gasteiger charge is 2.09. The fraction of sp³-hybridized carbons (Fsp3) is 0.600. The molecular formula is C20H34N4O. The van der Waals surface area contributed by atoms with Crippen molar-refractivity contribution in [3.63, 3.8) is 0 Å². The first-order valence-corrected chi connectivity index (χ1v) is 9.17. The first-order chi connectivity index (χ1) is 11.8. The number of nitrogens with one attached hydrogen (secondary N) is 3. The zero-order valence-electron chi connectivity index (χ0n) is 16.5. The molecule has 140 valence electrons. The molecule has 0 aliphatic rings. The van der Waals surface area contributed by atoms with Crippen molar-refractivity contribution in [2.45, 2.75) is 59.5 Å². The van der Waals surface area contributed by atoms with E-state index in [2.05, 4.69) is 66.0 Å². The van der Waals surface area contributed by atoms with Crippen LogP contribution in [0.25, 0.3) is 0 Å². The lowest BCUT2D eigenvalue weighted by atomic mass is 10.00. The van der Waals surface area contributed by atoms with Crippen LogP contribution in [-0.2, 0) is 11.2 Å². The van der Waals surface area contributed by atoms with Crippen molar-refractivity contribution in [3.05, 3.63) is 35.4 Å². The molecule has 0 radical (unpaired) electrons. The molecule has 1 unspecified atom stereocenters. The van der Waals surface area contributed by atoms with Crippen molar-refractivity contribution >= 4 is 11.9 Å². The summed E-state index contributed by atoms with van der Waals surface area (Å²) in [5, 5.41) is 9.44. The predicted molar refractivity (Wildman–Crippen MR) is 106 cm³/mol. The van der Waals surface area contributed by atoms with Gasteiger partial charge in [0.25, 0.3) is 0 Å². The summed E-state index contributed by atoms with van der Waals surface area (Å²) in [7, 11) is 1.74. The van der Waals surface area contributed by atoms with Gasteiger partial charge in [-0.15, -0.1) is 0 Å². The van der Waals surface area contributed by atoms with Crippen LogP contribution >= 0.6 is 0 Å². The molecule has 1 amide bonds. The Kier molecular flexibility index (Phi) is 9.03. The molecule has 25 heavy (non-hydrogen) atoms. The molecular weight excluding hydrogens is 312 g/mol. The molecule has 1 rings (SSSR count). The van der Waals surface area contributed by atoms with E-state index in [1.54, 1.807) is 7.05 Å². The fourth-order valence-corrected chi connectivity index (χ4v) is 2.59. The number of carbonyl (C=O) groups is 1. The van der Waals surface area contributed by atoms with Gasteiger partial charge < -0.3 is 16.0 Å². The standard InChI is InChI=1S/C20H34N4O/c1-14(2)13-17-7-9-18(10-8-17)16(5)24-20(21-6)22-12-11-19(25)23-15(3)4/h7-10,14-16H,11-13H2,1-6H3,(H,23,25)(H2,21,22,24). The van der Waals surface area contributed by atoms with Crippen LogP contribution in [0.1, 0.15) is 58.2 Å². The van der Waals surface area contributed by atoms with Gasteiger partial charge in [0.2, 0.25) is 5.91 Å². The average Bonchev–Trinajstić information content (AvgIpc) is 2.53. The maximum atomic E-state index is 11.7. The molecule has 3 N–H and O–H groups in total. The van der Waals surface area contributed by atoms with Crippen molar-refractivity contribution in [3.8, 4) is 0 Å². The molecule has 5 nitrogen and oxygen atoms in total. The molecule has 1 aromatic rings. The first kappa shape index (κ1) is 21.0. The summed E-state index contributed by atoms with van der Waals surface area (Å²) in [6.45, 7) is 11.0. The van der Waals surface area contributed by atoms with Crippen LogP contribution in [0.2, 0.25) is 0 Å². The number of amides is 1. The van der Waals surface area contributed by atoms with Gasteiger partial charge in [-0.1, -0.05) is 38.1 Å². The molecule has 0 aliphatic heterocycles. The number of carbonyl (C=O) groups excluding carboxylic acids is 1. The largest absolute Gasteiger partial charge is 0.356 e. The molecule has 1 atom stereocenters. The van der Waals surface area contributed by atoms with Gasteiger partial charge in [-0.05, 0) is 44.2 Å². The Balaban J connectivity index is 2.47. The van der Waals surface area contributed by atoms with E-state index in [9.17, 15) is 4.79 Å². The number of aliphatic imine (C=N–C) groups is 1. The minimum absolute atomic E-state index is 0.0479. The van der Waals surface area contributed by atoms with E-state index in [1.165, 1.54) is 11.1 Å². The van der Waals surface area contributed by atoms with E-state index < -0.39 is 0 Å². The lowest BCUT2D eigenvalue weighted by molar-refractivity contribution is -0.121. The van der Waals surface area contributed by atoms with E-state index >= 15 is 0 Å². The third kappa shape index (κ3) is 8.57. The van der Waals surface area contributed by atoms with Crippen molar-refractivity contribution in [2.75, 3.05) is 13.6 Å². The van der Waals surface area contributed by atoms with Crippen LogP contribution in [0.15, 0.2) is 29.3 Å². The van der Waals surface area contributed by atoms with Crippen molar-refractivity contribution in [1.82, 2.24) is 16.0 Å². The second kappa shape index (κ2) is 10.7. The van der Waals surface area contributed by atoms with Gasteiger partial charge in [-0.3, -0.25) is 9.79 Å². The van der Waals surface area contributed by atoms with Crippen molar-refractivity contribution < 1.29 is 4.79 Å². The van der Waals surface area contributed by atoms with Gasteiger partial charge in [0.15, 0.2) is 5.96 Å². The highest BCUT2D eigenvalue weighted by molar-refractivity contribution is 5.81. The lowest BCUT2D eigenvalue weighted by Gasteiger charge is -2.19. The molecule has 0 aromatic heterocycles. The Hall–Kier alpha value is -2.04. The molecule has 0 spiro atoms. The third-order valence-corrected chi connectivity index (χ3v) is 3.79.